The molecule has 0 atom stereocenters. The van der Waals surface area contributed by atoms with Gasteiger partial charge in [-0.05, 0) is 43.9 Å². The van der Waals surface area contributed by atoms with Crippen LogP contribution in [-0.2, 0) is 14.3 Å². The normalized spacial score (nSPS) is 22.1. The van der Waals surface area contributed by atoms with Gasteiger partial charge in [0.15, 0.2) is 0 Å². The van der Waals surface area contributed by atoms with Gasteiger partial charge in [-0.25, -0.2) is 9.18 Å². The van der Waals surface area contributed by atoms with Crippen molar-refractivity contribution in [3.63, 3.8) is 0 Å². The Hall–Kier alpha value is -2.65. The molecular formula is C20H26FN3O5. The zero-order chi connectivity index (χ0) is 21.0. The lowest BCUT2D eigenvalue weighted by Gasteiger charge is -2.28. The van der Waals surface area contributed by atoms with Gasteiger partial charge in [0.25, 0.3) is 5.91 Å². The summed E-state index contributed by atoms with van der Waals surface area (Å²) in [7, 11) is 1.22. The van der Waals surface area contributed by atoms with Crippen molar-refractivity contribution in [3.8, 4) is 0 Å². The third kappa shape index (κ3) is 4.86. The highest BCUT2D eigenvalue weighted by atomic mass is 19.1. The first-order chi connectivity index (χ1) is 13.9. The molecule has 1 fully saturated rings. The second kappa shape index (κ2) is 9.23. The second-order valence-corrected chi connectivity index (χ2v) is 7.26. The molecular weight excluding hydrogens is 381 g/mol. The van der Waals surface area contributed by atoms with Crippen molar-refractivity contribution in [2.24, 2.45) is 0 Å². The van der Waals surface area contributed by atoms with Crippen LogP contribution in [0.5, 0.6) is 0 Å². The molecule has 29 heavy (non-hydrogen) atoms. The molecule has 0 unspecified atom stereocenters. The molecule has 158 valence electrons. The topological polar surface area (TPSA) is 111 Å². The second-order valence-electron chi connectivity index (χ2n) is 7.26. The number of hydrogen-bond acceptors (Lipinski definition) is 7. The largest absolute Gasteiger partial charge is 0.466 e. The maximum Gasteiger partial charge on any atom is 0.337 e. The van der Waals surface area contributed by atoms with E-state index in [-0.39, 0.29) is 43.1 Å². The van der Waals surface area contributed by atoms with E-state index in [2.05, 4.69) is 10.6 Å². The van der Waals surface area contributed by atoms with E-state index in [1.807, 2.05) is 0 Å². The van der Waals surface area contributed by atoms with Gasteiger partial charge in [0.2, 0.25) is 0 Å². The maximum absolute atomic E-state index is 13.9. The van der Waals surface area contributed by atoms with E-state index >= 15 is 0 Å². The zero-order valence-electron chi connectivity index (χ0n) is 16.3. The molecule has 0 spiro atoms. The highest BCUT2D eigenvalue weighted by Gasteiger charge is 2.35. The van der Waals surface area contributed by atoms with Gasteiger partial charge >= 0.3 is 5.97 Å². The third-order valence-electron chi connectivity index (χ3n) is 5.25. The lowest BCUT2D eigenvalue weighted by atomic mass is 9.93. The van der Waals surface area contributed by atoms with E-state index in [9.17, 15) is 19.1 Å². The van der Waals surface area contributed by atoms with Gasteiger partial charge in [-0.1, -0.05) is 0 Å². The molecule has 8 nitrogen and oxygen atoms in total. The predicted molar refractivity (Wildman–Crippen MR) is 105 cm³/mol. The molecule has 1 aliphatic heterocycles. The van der Waals surface area contributed by atoms with Gasteiger partial charge in [0.1, 0.15) is 11.5 Å². The summed E-state index contributed by atoms with van der Waals surface area (Å²) >= 11 is 0. The molecule has 1 heterocycles. The standard InChI is InChI=1S/C20H26FN3O5/c1-29-20(28)15-11-24(8-9-25)19(27)18(15)23-17-10-12(21)2-7-16(17)22-13-3-5-14(26)6-4-13/h2,7,10,13-14,22-23,25-26H,3-6,8-9,11H2,1H3. The monoisotopic (exact) mass is 407 g/mol. The van der Waals surface area contributed by atoms with Crippen molar-refractivity contribution >= 4 is 23.3 Å². The van der Waals surface area contributed by atoms with Crippen LogP contribution in [0.1, 0.15) is 25.7 Å². The number of aliphatic hydroxyl groups excluding tert-OH is 2. The van der Waals surface area contributed by atoms with Crippen LogP contribution in [0, 0.1) is 5.82 Å². The van der Waals surface area contributed by atoms with Crippen LogP contribution in [-0.4, -0.2) is 65.9 Å². The number of methoxy groups -OCH3 is 1. The van der Waals surface area contributed by atoms with Crippen molar-refractivity contribution in [2.45, 2.75) is 37.8 Å². The lowest BCUT2D eigenvalue weighted by Crippen LogP contribution is -2.31. The number of benzene rings is 1. The SMILES string of the molecule is COC(=O)C1=C(Nc2cc(F)ccc2NC2CCC(O)CC2)C(=O)N(CCO)C1. The summed E-state index contributed by atoms with van der Waals surface area (Å²) in [5.41, 5.74) is 1.06. The highest BCUT2D eigenvalue weighted by molar-refractivity contribution is 6.09. The third-order valence-corrected chi connectivity index (χ3v) is 5.25. The quantitative estimate of drug-likeness (QED) is 0.503. The molecule has 1 aromatic carbocycles. The van der Waals surface area contributed by atoms with Crippen molar-refractivity contribution in [3.05, 3.63) is 35.3 Å². The Morgan fingerprint density at radius 2 is 2.00 bits per heavy atom. The van der Waals surface area contributed by atoms with Crippen LogP contribution < -0.4 is 10.6 Å². The van der Waals surface area contributed by atoms with Gasteiger partial charge < -0.3 is 30.5 Å². The highest BCUT2D eigenvalue weighted by Crippen LogP contribution is 2.31. The van der Waals surface area contributed by atoms with E-state index in [1.165, 1.54) is 24.1 Å². The van der Waals surface area contributed by atoms with E-state index < -0.39 is 17.7 Å². The predicted octanol–water partition coefficient (Wildman–Crippen LogP) is 1.21. The number of anilines is 2. The Morgan fingerprint density at radius 3 is 2.66 bits per heavy atom. The number of carbonyl (C=O) groups is 2. The summed E-state index contributed by atoms with van der Waals surface area (Å²) in [6, 6.07) is 4.26. The summed E-state index contributed by atoms with van der Waals surface area (Å²) in [6.07, 6.45) is 2.64. The number of rotatable bonds is 7. The van der Waals surface area contributed by atoms with Crippen molar-refractivity contribution in [1.29, 1.82) is 0 Å². The molecule has 1 aliphatic carbocycles. The molecule has 2 aliphatic rings. The number of β-amino-alcohol motifs (C(OH)–C–C–N with tert-alkyl or cyclic N) is 1. The van der Waals surface area contributed by atoms with Crippen LogP contribution in [0.4, 0.5) is 15.8 Å². The average Bonchev–Trinajstić information content (AvgIpc) is 3.01. The van der Waals surface area contributed by atoms with Gasteiger partial charge in [-0.15, -0.1) is 0 Å². The van der Waals surface area contributed by atoms with Crippen LogP contribution >= 0.6 is 0 Å². The molecule has 4 N–H and O–H groups in total. The minimum Gasteiger partial charge on any atom is -0.466 e. The number of aliphatic hydroxyl groups is 2. The minimum atomic E-state index is -0.659. The number of ether oxygens (including phenoxy) is 1. The fraction of sp³-hybridized carbons (Fsp3) is 0.500. The van der Waals surface area contributed by atoms with Crippen LogP contribution in [0.2, 0.25) is 0 Å². The van der Waals surface area contributed by atoms with E-state index in [1.54, 1.807) is 6.07 Å². The summed E-state index contributed by atoms with van der Waals surface area (Å²) in [6.45, 7) is -0.163. The summed E-state index contributed by atoms with van der Waals surface area (Å²) in [4.78, 5) is 26.2. The van der Waals surface area contributed by atoms with E-state index in [0.717, 1.165) is 12.8 Å². The molecule has 1 aromatic rings. The van der Waals surface area contributed by atoms with Gasteiger partial charge in [0.05, 0.1) is 43.3 Å². The summed E-state index contributed by atoms with van der Waals surface area (Å²) in [5, 5.41) is 25.1. The van der Waals surface area contributed by atoms with E-state index in [4.69, 9.17) is 9.84 Å². The number of esters is 1. The fourth-order valence-corrected chi connectivity index (χ4v) is 3.67. The number of halogens is 1. The Kier molecular flexibility index (Phi) is 6.71. The Labute approximate surface area is 168 Å². The van der Waals surface area contributed by atoms with Crippen molar-refractivity contribution in [2.75, 3.05) is 37.4 Å². The van der Waals surface area contributed by atoms with Crippen molar-refractivity contribution < 1.29 is 28.9 Å². The smallest absolute Gasteiger partial charge is 0.337 e. The minimum absolute atomic E-state index is 0.00694. The van der Waals surface area contributed by atoms with Crippen LogP contribution in [0.25, 0.3) is 0 Å². The van der Waals surface area contributed by atoms with E-state index in [0.29, 0.717) is 24.2 Å². The fourth-order valence-electron chi connectivity index (χ4n) is 3.67. The van der Waals surface area contributed by atoms with Gasteiger partial charge in [-0.2, -0.15) is 0 Å². The first kappa shape index (κ1) is 21.1. The number of nitrogens with zero attached hydrogens (tertiary/aromatic N) is 1. The summed E-state index contributed by atoms with van der Waals surface area (Å²) < 4.78 is 18.7. The summed E-state index contributed by atoms with van der Waals surface area (Å²) in [5.74, 6) is -1.61. The number of carbonyl (C=O) groups excluding carboxylic acids is 2. The Balaban J connectivity index is 1.86. The molecule has 0 radical (unpaired) electrons. The van der Waals surface area contributed by atoms with Gasteiger partial charge in [0, 0.05) is 12.6 Å². The van der Waals surface area contributed by atoms with Crippen LogP contribution in [0.3, 0.4) is 0 Å². The molecule has 0 aromatic heterocycles. The molecule has 3 rings (SSSR count). The zero-order valence-corrected chi connectivity index (χ0v) is 16.3. The average molecular weight is 407 g/mol. The molecule has 0 bridgehead atoms. The molecule has 1 saturated carbocycles. The maximum atomic E-state index is 13.9. The van der Waals surface area contributed by atoms with Gasteiger partial charge in [-0.3, -0.25) is 4.79 Å². The Morgan fingerprint density at radius 1 is 1.28 bits per heavy atom. The first-order valence-electron chi connectivity index (χ1n) is 9.65. The Bertz CT molecular complexity index is 805. The first-order valence-corrected chi connectivity index (χ1v) is 9.65. The molecule has 1 amide bonds. The van der Waals surface area contributed by atoms with Crippen LogP contribution in [0.15, 0.2) is 29.5 Å². The number of amides is 1. The van der Waals surface area contributed by atoms with Crippen molar-refractivity contribution in [1.82, 2.24) is 4.90 Å². The number of hydrogen-bond donors (Lipinski definition) is 4. The molecule has 0 saturated heterocycles. The lowest BCUT2D eigenvalue weighted by molar-refractivity contribution is -0.136. The molecule has 9 heteroatoms. The number of nitrogens with one attached hydrogen (secondary N) is 2.